The highest BCUT2D eigenvalue weighted by Crippen LogP contribution is 2.34. The topological polar surface area (TPSA) is 65.5 Å². The van der Waals surface area contributed by atoms with Gasteiger partial charge in [-0.05, 0) is 30.7 Å². The molecule has 1 N–H and O–H groups in total. The van der Waals surface area contributed by atoms with Gasteiger partial charge in [-0.25, -0.2) is 4.79 Å². The molecule has 3 aromatic rings. The van der Waals surface area contributed by atoms with Gasteiger partial charge in [-0.3, -0.25) is 14.7 Å². The van der Waals surface area contributed by atoms with Gasteiger partial charge in [-0.15, -0.1) is 0 Å². The molecule has 6 nitrogen and oxygen atoms in total. The number of carbonyl (C=O) groups excluding carboxylic acids is 2. The average molecular weight is 395 g/mol. The Morgan fingerprint density at radius 1 is 1.14 bits per heavy atom. The van der Waals surface area contributed by atoms with Crippen LogP contribution in [0.25, 0.3) is 10.9 Å². The van der Waals surface area contributed by atoms with Gasteiger partial charge in [0.1, 0.15) is 0 Å². The summed E-state index contributed by atoms with van der Waals surface area (Å²) in [5, 5.41) is 4.10. The highest BCUT2D eigenvalue weighted by molar-refractivity contribution is 6.34. The number of hydrogen-bond acceptors (Lipinski definition) is 3. The fourth-order valence-corrected chi connectivity index (χ4v) is 3.68. The number of aryl methyl sites for hydroxylation is 1. The second-order valence-corrected chi connectivity index (χ2v) is 7.19. The molecule has 3 amide bonds. The van der Waals surface area contributed by atoms with Gasteiger partial charge in [0.15, 0.2) is 0 Å². The molecule has 1 aliphatic heterocycles. The first kappa shape index (κ1) is 18.3. The van der Waals surface area contributed by atoms with E-state index in [-0.39, 0.29) is 11.9 Å². The minimum atomic E-state index is -0.306. The maximum atomic E-state index is 12.7. The largest absolute Gasteiger partial charge is 0.326 e. The van der Waals surface area contributed by atoms with Gasteiger partial charge in [0.2, 0.25) is 0 Å². The molecule has 1 aromatic heterocycles. The van der Waals surface area contributed by atoms with Crippen LogP contribution in [0, 0.1) is 6.92 Å². The lowest BCUT2D eigenvalue weighted by molar-refractivity contribution is 0.102. The van der Waals surface area contributed by atoms with Crippen molar-refractivity contribution in [3.8, 4) is 0 Å². The second-order valence-electron chi connectivity index (χ2n) is 6.78. The molecule has 142 valence electrons. The third-order valence-electron chi connectivity index (χ3n) is 4.91. The van der Waals surface area contributed by atoms with Gasteiger partial charge >= 0.3 is 6.03 Å². The van der Waals surface area contributed by atoms with E-state index in [1.807, 2.05) is 19.1 Å². The normalized spacial score (nSPS) is 14.0. The number of amides is 3. The van der Waals surface area contributed by atoms with Crippen molar-refractivity contribution >= 4 is 45.8 Å². The van der Waals surface area contributed by atoms with Crippen LogP contribution >= 0.6 is 11.6 Å². The number of para-hydroxylation sites is 1. The van der Waals surface area contributed by atoms with Crippen molar-refractivity contribution in [3.05, 3.63) is 64.8 Å². The van der Waals surface area contributed by atoms with Crippen LogP contribution in [0.3, 0.4) is 0 Å². The summed E-state index contributed by atoms with van der Waals surface area (Å²) in [6, 6.07) is 12.4. The molecule has 4 rings (SSSR count). The number of fused-ring (bicyclic) bond motifs is 1. The first-order valence-electron chi connectivity index (χ1n) is 8.94. The lowest BCUT2D eigenvalue weighted by Gasteiger charge is -2.21. The lowest BCUT2D eigenvalue weighted by Crippen LogP contribution is -2.30. The molecule has 28 heavy (non-hydrogen) atoms. The number of urea groups is 1. The van der Waals surface area contributed by atoms with E-state index in [4.69, 9.17) is 11.6 Å². The molecule has 7 heteroatoms. The average Bonchev–Trinajstić information content (AvgIpc) is 3.01. The number of rotatable bonds is 3. The summed E-state index contributed by atoms with van der Waals surface area (Å²) in [6.07, 6.45) is 1.73. The number of halogens is 1. The Morgan fingerprint density at radius 2 is 1.93 bits per heavy atom. The number of aromatic nitrogens is 1. The van der Waals surface area contributed by atoms with Gasteiger partial charge in [-0.2, -0.15) is 0 Å². The second kappa shape index (κ2) is 7.13. The van der Waals surface area contributed by atoms with Crippen LogP contribution in [0.4, 0.5) is 16.2 Å². The molecule has 0 aliphatic carbocycles. The smallest absolute Gasteiger partial charge is 0.324 e. The van der Waals surface area contributed by atoms with Crippen LogP contribution in [-0.2, 0) is 0 Å². The van der Waals surface area contributed by atoms with Crippen molar-refractivity contribution in [1.29, 1.82) is 0 Å². The number of likely N-dealkylation sites (N-methyl/N-ethyl adjacent to an activating group) is 1. The van der Waals surface area contributed by atoms with E-state index in [1.165, 1.54) is 0 Å². The molecule has 2 aromatic carbocycles. The molecular weight excluding hydrogens is 376 g/mol. The number of hydrogen-bond donors (Lipinski definition) is 1. The zero-order chi connectivity index (χ0) is 19.8. The van der Waals surface area contributed by atoms with E-state index in [0.29, 0.717) is 34.9 Å². The summed E-state index contributed by atoms with van der Waals surface area (Å²) in [5.41, 5.74) is 3.33. The van der Waals surface area contributed by atoms with Gasteiger partial charge in [-0.1, -0.05) is 35.9 Å². The number of benzene rings is 2. The molecule has 0 bridgehead atoms. The van der Waals surface area contributed by atoms with E-state index < -0.39 is 0 Å². The maximum Gasteiger partial charge on any atom is 0.324 e. The van der Waals surface area contributed by atoms with Crippen LogP contribution in [-0.4, -0.2) is 42.0 Å². The van der Waals surface area contributed by atoms with Crippen molar-refractivity contribution in [2.75, 3.05) is 30.4 Å². The summed E-state index contributed by atoms with van der Waals surface area (Å²) in [4.78, 5) is 33.2. The van der Waals surface area contributed by atoms with E-state index in [9.17, 15) is 9.59 Å². The molecule has 2 heterocycles. The van der Waals surface area contributed by atoms with Gasteiger partial charge in [0, 0.05) is 31.7 Å². The highest BCUT2D eigenvalue weighted by atomic mass is 35.5. The van der Waals surface area contributed by atoms with E-state index in [2.05, 4.69) is 10.3 Å². The van der Waals surface area contributed by atoms with Crippen molar-refractivity contribution in [1.82, 2.24) is 9.88 Å². The molecule has 1 aliphatic rings. The van der Waals surface area contributed by atoms with Crippen molar-refractivity contribution in [3.63, 3.8) is 0 Å². The Hall–Kier alpha value is -3.12. The van der Waals surface area contributed by atoms with Crippen LogP contribution in [0.15, 0.2) is 48.7 Å². The first-order valence-corrected chi connectivity index (χ1v) is 9.32. The van der Waals surface area contributed by atoms with Crippen LogP contribution in [0.2, 0.25) is 5.02 Å². The minimum absolute atomic E-state index is 0.0406. The standard InChI is InChI=1S/C21H19ClN4O2/c1-13-12-23-18-15(19(13)26-11-10-25(2)21(26)28)7-5-9-17(18)24-20(27)14-6-3-4-8-16(14)22/h3-9,12H,10-11H2,1-2H3,(H,24,27). The van der Waals surface area contributed by atoms with E-state index >= 15 is 0 Å². The zero-order valence-electron chi connectivity index (χ0n) is 15.6. The molecule has 0 atom stereocenters. The molecule has 0 spiro atoms. The first-order chi connectivity index (χ1) is 13.5. The predicted octanol–water partition coefficient (Wildman–Crippen LogP) is 4.32. The van der Waals surface area contributed by atoms with Crippen LogP contribution in [0.5, 0.6) is 0 Å². The zero-order valence-corrected chi connectivity index (χ0v) is 16.3. The fourth-order valence-electron chi connectivity index (χ4n) is 3.46. The molecular formula is C21H19ClN4O2. The third-order valence-corrected chi connectivity index (χ3v) is 5.23. The quantitative estimate of drug-likeness (QED) is 0.719. The Bertz CT molecular complexity index is 1100. The lowest BCUT2D eigenvalue weighted by atomic mass is 10.1. The molecule has 0 radical (unpaired) electrons. The summed E-state index contributed by atoms with van der Waals surface area (Å²) >= 11 is 6.14. The Balaban J connectivity index is 1.78. The number of nitrogens with zero attached hydrogens (tertiary/aromatic N) is 3. The van der Waals surface area contributed by atoms with Gasteiger partial charge in [0.25, 0.3) is 5.91 Å². The van der Waals surface area contributed by atoms with Gasteiger partial charge in [0.05, 0.1) is 27.5 Å². The Labute approximate surface area is 167 Å². The SMILES string of the molecule is Cc1cnc2c(NC(=O)c3ccccc3Cl)cccc2c1N1CCN(C)C1=O. The van der Waals surface area contributed by atoms with Crippen molar-refractivity contribution in [2.45, 2.75) is 6.92 Å². The summed E-state index contributed by atoms with van der Waals surface area (Å²) in [5.74, 6) is -0.306. The molecule has 1 fully saturated rings. The summed E-state index contributed by atoms with van der Waals surface area (Å²) in [6.45, 7) is 3.22. The van der Waals surface area contributed by atoms with E-state index in [0.717, 1.165) is 16.6 Å². The summed E-state index contributed by atoms with van der Waals surface area (Å²) in [7, 11) is 1.79. The molecule has 1 saturated heterocycles. The monoisotopic (exact) mass is 394 g/mol. The number of pyridine rings is 1. The van der Waals surface area contributed by atoms with Crippen molar-refractivity contribution < 1.29 is 9.59 Å². The van der Waals surface area contributed by atoms with E-state index in [1.54, 1.807) is 53.4 Å². The minimum Gasteiger partial charge on any atom is -0.326 e. The Kier molecular flexibility index (Phi) is 4.65. The molecule has 0 unspecified atom stereocenters. The fraction of sp³-hybridized carbons (Fsp3) is 0.190. The number of nitrogens with one attached hydrogen (secondary N) is 1. The highest BCUT2D eigenvalue weighted by Gasteiger charge is 2.29. The van der Waals surface area contributed by atoms with Crippen LogP contribution < -0.4 is 10.2 Å². The van der Waals surface area contributed by atoms with Gasteiger partial charge < -0.3 is 10.2 Å². The maximum absolute atomic E-state index is 12.7. The summed E-state index contributed by atoms with van der Waals surface area (Å²) < 4.78 is 0. The molecule has 0 saturated carbocycles. The van der Waals surface area contributed by atoms with Crippen LogP contribution in [0.1, 0.15) is 15.9 Å². The number of carbonyl (C=O) groups is 2. The number of anilines is 2. The van der Waals surface area contributed by atoms with Crippen molar-refractivity contribution in [2.24, 2.45) is 0 Å². The predicted molar refractivity (Wildman–Crippen MR) is 111 cm³/mol. The Morgan fingerprint density at radius 3 is 2.64 bits per heavy atom. The third kappa shape index (κ3) is 3.05.